The largest absolute Gasteiger partial charge is 0.447 e. The highest BCUT2D eigenvalue weighted by Gasteiger charge is 2.22. The third kappa shape index (κ3) is 3.19. The topological polar surface area (TPSA) is 57.4 Å². The molecule has 1 atom stereocenters. The van der Waals surface area contributed by atoms with Gasteiger partial charge >= 0.3 is 6.09 Å². The zero-order valence-corrected chi connectivity index (χ0v) is 11.4. The predicted molar refractivity (Wildman–Crippen MR) is 82.5 cm³/mol. The summed E-state index contributed by atoms with van der Waals surface area (Å²) in [5.74, 6) is 0. The van der Waals surface area contributed by atoms with Gasteiger partial charge in [0.25, 0.3) is 0 Å². The van der Waals surface area contributed by atoms with E-state index >= 15 is 0 Å². The molecule has 3 rings (SSSR count). The SMILES string of the molecule is [2H]C([2H])(c1ccc2[nH]cc(C([2H])([2H])C([2H])([2H])N(C)C([2H])([2H])[2H])c2c1)[C@H]1COC(=O)N1. The Balaban J connectivity index is 2.08. The number of aryl methyl sites for hydroxylation is 1. The highest BCUT2D eigenvalue weighted by Crippen LogP contribution is 2.21. The van der Waals surface area contributed by atoms with Crippen LogP contribution in [-0.4, -0.2) is 49.1 Å². The summed E-state index contributed by atoms with van der Waals surface area (Å²) in [4.78, 5) is 14.5. The first kappa shape index (κ1) is 6.83. The molecule has 2 heterocycles. The average molecular weight is 296 g/mol. The number of aromatic amines is 1. The Labute approximate surface area is 136 Å². The molecule has 2 N–H and O–H groups in total. The number of nitrogens with zero attached hydrogens (tertiary/aromatic N) is 1. The van der Waals surface area contributed by atoms with Crippen LogP contribution in [-0.2, 0) is 17.5 Å². The minimum atomic E-state index is -2.91. The van der Waals surface area contributed by atoms with Gasteiger partial charge in [-0.15, -0.1) is 0 Å². The number of benzene rings is 1. The first-order chi connectivity index (χ1) is 13.6. The first-order valence-corrected chi connectivity index (χ1v) is 6.39. The number of fused-ring (bicyclic) bond motifs is 1. The lowest BCUT2D eigenvalue weighted by Crippen LogP contribution is -2.28. The maximum atomic E-state index is 11.3. The number of ether oxygens (including phenoxy) is 1. The van der Waals surface area contributed by atoms with Gasteiger partial charge in [-0.05, 0) is 50.0 Å². The number of nitrogens with one attached hydrogen (secondary N) is 2. The van der Waals surface area contributed by atoms with E-state index in [0.29, 0.717) is 10.4 Å². The number of carbonyl (C=O) groups is 1. The van der Waals surface area contributed by atoms with E-state index in [4.69, 9.17) is 17.1 Å². The van der Waals surface area contributed by atoms with E-state index in [1.54, 1.807) is 0 Å². The van der Waals surface area contributed by atoms with Gasteiger partial charge in [-0.25, -0.2) is 4.79 Å². The summed E-state index contributed by atoms with van der Waals surface area (Å²) in [6.07, 6.45) is -4.29. The fourth-order valence-electron chi connectivity index (χ4n) is 2.12. The van der Waals surface area contributed by atoms with Crippen LogP contribution >= 0.6 is 0 Å². The van der Waals surface area contributed by atoms with E-state index < -0.39 is 38.4 Å². The number of aromatic nitrogens is 1. The second kappa shape index (κ2) is 5.77. The summed E-state index contributed by atoms with van der Waals surface area (Å²) in [6.45, 7) is -5.95. The predicted octanol–water partition coefficient (Wildman–Crippen LogP) is 1.92. The van der Waals surface area contributed by atoms with E-state index in [-0.39, 0.29) is 23.1 Å². The number of H-pyrrole nitrogens is 1. The summed E-state index contributed by atoms with van der Waals surface area (Å²) >= 11 is 0. The van der Waals surface area contributed by atoms with Crippen LogP contribution in [0.1, 0.15) is 23.5 Å². The summed E-state index contributed by atoms with van der Waals surface area (Å²) in [7, 11) is 0.979. The number of likely N-dealkylation sites (N-methyl/N-ethyl adjacent to an activating group) is 1. The number of carbonyl (C=O) groups excluding carboxylic acids is 1. The Bertz CT molecular complexity index is 971. The zero-order valence-electron chi connectivity index (χ0n) is 20.4. The second-order valence-corrected chi connectivity index (χ2v) is 4.70. The molecule has 1 aliphatic rings. The van der Waals surface area contributed by atoms with Crippen molar-refractivity contribution in [3.8, 4) is 0 Å². The monoisotopic (exact) mass is 296 g/mol. The number of hydrogen-bond donors (Lipinski definition) is 2. The van der Waals surface area contributed by atoms with Crippen LogP contribution in [0.3, 0.4) is 0 Å². The van der Waals surface area contributed by atoms with Gasteiger partial charge in [0, 0.05) is 35.9 Å². The number of hydrogen-bond acceptors (Lipinski definition) is 3. The summed E-state index contributed by atoms with van der Waals surface area (Å²) < 4.78 is 77.0. The first-order valence-electron chi connectivity index (χ1n) is 10.9. The molecule has 112 valence electrons. The van der Waals surface area contributed by atoms with Crippen molar-refractivity contribution in [3.63, 3.8) is 0 Å². The van der Waals surface area contributed by atoms with Crippen molar-refractivity contribution >= 4 is 17.0 Å². The lowest BCUT2D eigenvalue weighted by Gasteiger charge is -2.09. The molecule has 1 amide bonds. The van der Waals surface area contributed by atoms with Crippen molar-refractivity contribution < 1.29 is 21.9 Å². The molecule has 5 heteroatoms. The van der Waals surface area contributed by atoms with Crippen LogP contribution in [0.2, 0.25) is 0 Å². The minimum Gasteiger partial charge on any atom is -0.447 e. The molecule has 1 fully saturated rings. The van der Waals surface area contributed by atoms with Crippen LogP contribution in [0.15, 0.2) is 24.4 Å². The smallest absolute Gasteiger partial charge is 0.407 e. The molecule has 0 radical (unpaired) electrons. The van der Waals surface area contributed by atoms with Crippen LogP contribution in [0, 0.1) is 0 Å². The van der Waals surface area contributed by atoms with Crippen LogP contribution in [0.4, 0.5) is 4.79 Å². The van der Waals surface area contributed by atoms with Gasteiger partial charge in [0.1, 0.15) is 6.61 Å². The molecule has 5 nitrogen and oxygen atoms in total. The van der Waals surface area contributed by atoms with E-state index in [9.17, 15) is 4.79 Å². The Kier molecular flexibility index (Phi) is 1.88. The fourth-order valence-corrected chi connectivity index (χ4v) is 2.12. The van der Waals surface area contributed by atoms with Gasteiger partial charge in [-0.2, -0.15) is 0 Å². The van der Waals surface area contributed by atoms with Gasteiger partial charge in [-0.3, -0.25) is 0 Å². The molecule has 0 saturated carbocycles. The van der Waals surface area contributed by atoms with E-state index in [1.807, 2.05) is 0 Å². The fraction of sp³-hybridized carbons (Fsp3) is 0.438. The Morgan fingerprint density at radius 2 is 2.48 bits per heavy atom. The van der Waals surface area contributed by atoms with E-state index in [2.05, 4.69) is 10.3 Å². The normalized spacial score (nSPS) is 27.2. The van der Waals surface area contributed by atoms with Gasteiger partial charge in [0.15, 0.2) is 0 Å². The van der Waals surface area contributed by atoms with Crippen molar-refractivity contribution in [2.24, 2.45) is 0 Å². The van der Waals surface area contributed by atoms with Crippen molar-refractivity contribution in [2.75, 3.05) is 27.1 Å². The lowest BCUT2D eigenvalue weighted by atomic mass is 10.0. The third-order valence-electron chi connectivity index (χ3n) is 3.05. The Hall–Kier alpha value is -2.01. The molecule has 1 saturated heterocycles. The molecule has 0 bridgehead atoms. The highest BCUT2D eigenvalue weighted by atomic mass is 16.6. The quantitative estimate of drug-likeness (QED) is 0.886. The van der Waals surface area contributed by atoms with E-state index in [0.717, 1.165) is 7.05 Å². The van der Waals surface area contributed by atoms with Gasteiger partial charge < -0.3 is 19.9 Å². The van der Waals surface area contributed by atoms with Crippen LogP contribution in [0.5, 0.6) is 0 Å². The zero-order chi connectivity index (χ0) is 22.7. The molecule has 0 unspecified atom stereocenters. The number of rotatable bonds is 5. The Morgan fingerprint density at radius 1 is 1.57 bits per heavy atom. The summed E-state index contributed by atoms with van der Waals surface area (Å²) in [5, 5.41) is 2.59. The maximum absolute atomic E-state index is 11.3. The maximum Gasteiger partial charge on any atom is 0.407 e. The van der Waals surface area contributed by atoms with Gasteiger partial charge in [0.2, 0.25) is 0 Å². The third-order valence-corrected chi connectivity index (χ3v) is 3.05. The van der Waals surface area contributed by atoms with Crippen molar-refractivity contribution in [3.05, 3.63) is 35.5 Å². The molecular formula is C16H21N3O2. The van der Waals surface area contributed by atoms with Gasteiger partial charge in [0.05, 0.1) is 6.04 Å². The highest BCUT2D eigenvalue weighted by molar-refractivity contribution is 5.84. The number of alkyl carbamates (subject to hydrolysis) is 1. The van der Waals surface area contributed by atoms with Crippen molar-refractivity contribution in [1.82, 2.24) is 15.2 Å². The Morgan fingerprint density at radius 3 is 3.24 bits per heavy atom. The molecule has 0 spiro atoms. The molecule has 21 heavy (non-hydrogen) atoms. The molecule has 0 aliphatic carbocycles. The summed E-state index contributed by atoms with van der Waals surface area (Å²) in [5.41, 5.74) is 0.405. The van der Waals surface area contributed by atoms with Crippen molar-refractivity contribution in [1.29, 1.82) is 0 Å². The van der Waals surface area contributed by atoms with Gasteiger partial charge in [-0.1, -0.05) is 6.07 Å². The van der Waals surface area contributed by atoms with Crippen LogP contribution in [0.25, 0.3) is 10.9 Å². The number of amides is 1. The van der Waals surface area contributed by atoms with Crippen LogP contribution < -0.4 is 5.32 Å². The average Bonchev–Trinajstić information content (AvgIpc) is 3.26. The molecule has 1 aromatic heterocycles. The molecular weight excluding hydrogens is 266 g/mol. The lowest BCUT2D eigenvalue weighted by molar-refractivity contribution is 0.177. The standard InChI is InChI=1S/C16H21N3O2/c1-19(2)6-5-12-9-17-15-4-3-11(8-14(12)15)7-13-10-21-16(20)18-13/h3-4,8-9,13,17H,5-7,10H2,1-2H3,(H,18,20)/t13-/m0/s1/i1D3,5D2,6D2,7D2. The van der Waals surface area contributed by atoms with E-state index in [1.165, 1.54) is 24.4 Å². The molecule has 1 aromatic carbocycles. The summed E-state index contributed by atoms with van der Waals surface area (Å²) in [6, 6.07) is 3.42. The van der Waals surface area contributed by atoms with Crippen molar-refractivity contribution in [2.45, 2.75) is 18.8 Å². The minimum absolute atomic E-state index is 0.132. The number of cyclic esters (lactones) is 1. The second-order valence-electron chi connectivity index (χ2n) is 4.70. The molecule has 1 aliphatic heterocycles. The molecule has 2 aromatic rings.